The SMILES string of the molecule is CCc1ccccc1CNc1ccc(C#N)c(Cl)c1. The largest absolute Gasteiger partial charge is 0.381 e. The number of nitrogens with zero attached hydrogens (tertiary/aromatic N) is 1. The van der Waals surface area contributed by atoms with Gasteiger partial charge in [-0.2, -0.15) is 5.26 Å². The average Bonchev–Trinajstić information content (AvgIpc) is 2.45. The fraction of sp³-hybridized carbons (Fsp3) is 0.188. The van der Waals surface area contributed by atoms with Crippen molar-refractivity contribution in [1.29, 1.82) is 5.26 Å². The molecular formula is C16H15ClN2. The molecule has 2 nitrogen and oxygen atoms in total. The molecule has 0 unspecified atom stereocenters. The van der Waals surface area contributed by atoms with Crippen molar-refractivity contribution in [2.24, 2.45) is 0 Å². The number of aryl methyl sites for hydroxylation is 1. The lowest BCUT2D eigenvalue weighted by atomic mass is 10.1. The van der Waals surface area contributed by atoms with Gasteiger partial charge >= 0.3 is 0 Å². The lowest BCUT2D eigenvalue weighted by Crippen LogP contribution is -2.02. The molecule has 0 amide bonds. The maximum atomic E-state index is 8.83. The van der Waals surface area contributed by atoms with Gasteiger partial charge in [0.25, 0.3) is 0 Å². The summed E-state index contributed by atoms with van der Waals surface area (Å²) in [6, 6.07) is 15.8. The van der Waals surface area contributed by atoms with Crippen LogP contribution in [-0.2, 0) is 13.0 Å². The van der Waals surface area contributed by atoms with Gasteiger partial charge in [0.2, 0.25) is 0 Å². The van der Waals surface area contributed by atoms with Crippen molar-refractivity contribution < 1.29 is 0 Å². The molecule has 0 aliphatic rings. The molecule has 0 spiro atoms. The van der Waals surface area contributed by atoms with E-state index in [9.17, 15) is 0 Å². The molecule has 0 aliphatic carbocycles. The van der Waals surface area contributed by atoms with Gasteiger partial charge in [-0.3, -0.25) is 0 Å². The van der Waals surface area contributed by atoms with Gasteiger partial charge in [-0.1, -0.05) is 42.8 Å². The summed E-state index contributed by atoms with van der Waals surface area (Å²) in [5.74, 6) is 0. The minimum atomic E-state index is 0.483. The molecule has 0 aromatic heterocycles. The highest BCUT2D eigenvalue weighted by atomic mass is 35.5. The van der Waals surface area contributed by atoms with Crippen LogP contribution in [0.1, 0.15) is 23.6 Å². The molecule has 0 fully saturated rings. The summed E-state index contributed by atoms with van der Waals surface area (Å²) >= 11 is 6.01. The maximum absolute atomic E-state index is 8.83. The number of anilines is 1. The topological polar surface area (TPSA) is 35.8 Å². The van der Waals surface area contributed by atoms with Crippen LogP contribution in [0.2, 0.25) is 5.02 Å². The molecule has 0 bridgehead atoms. The first kappa shape index (κ1) is 13.5. The van der Waals surface area contributed by atoms with Crippen LogP contribution in [0.5, 0.6) is 0 Å². The van der Waals surface area contributed by atoms with Gasteiger partial charge in [0, 0.05) is 12.2 Å². The number of benzene rings is 2. The highest BCUT2D eigenvalue weighted by Gasteiger charge is 2.02. The van der Waals surface area contributed by atoms with Gasteiger partial charge in [-0.05, 0) is 35.7 Å². The molecule has 0 heterocycles. The van der Waals surface area contributed by atoms with Gasteiger partial charge in [0.1, 0.15) is 6.07 Å². The Bertz CT molecular complexity index is 614. The molecule has 96 valence electrons. The van der Waals surface area contributed by atoms with Crippen LogP contribution in [0.3, 0.4) is 0 Å². The zero-order chi connectivity index (χ0) is 13.7. The Kier molecular flexibility index (Phi) is 4.43. The highest BCUT2D eigenvalue weighted by molar-refractivity contribution is 6.32. The van der Waals surface area contributed by atoms with Crippen molar-refractivity contribution in [3.63, 3.8) is 0 Å². The van der Waals surface area contributed by atoms with E-state index in [4.69, 9.17) is 16.9 Å². The zero-order valence-electron chi connectivity index (χ0n) is 10.8. The van der Waals surface area contributed by atoms with Crippen LogP contribution in [0.25, 0.3) is 0 Å². The van der Waals surface area contributed by atoms with Crippen molar-refractivity contribution in [2.75, 3.05) is 5.32 Å². The van der Waals surface area contributed by atoms with Crippen LogP contribution >= 0.6 is 11.6 Å². The standard InChI is InChI=1S/C16H15ClN2/c1-2-12-5-3-4-6-14(12)11-19-15-8-7-13(10-18)16(17)9-15/h3-9,19H,2,11H2,1H3. The van der Waals surface area contributed by atoms with Crippen molar-refractivity contribution in [2.45, 2.75) is 19.9 Å². The monoisotopic (exact) mass is 270 g/mol. The van der Waals surface area contributed by atoms with Gasteiger partial charge in [-0.25, -0.2) is 0 Å². The summed E-state index contributed by atoms with van der Waals surface area (Å²) in [4.78, 5) is 0. The van der Waals surface area contributed by atoms with Crippen LogP contribution in [-0.4, -0.2) is 0 Å². The van der Waals surface area contributed by atoms with E-state index in [2.05, 4.69) is 36.5 Å². The molecule has 1 N–H and O–H groups in total. The molecule has 0 saturated heterocycles. The Labute approximate surface area is 118 Å². The molecule has 0 atom stereocenters. The van der Waals surface area contributed by atoms with E-state index in [0.29, 0.717) is 10.6 Å². The first-order valence-electron chi connectivity index (χ1n) is 6.25. The fourth-order valence-corrected chi connectivity index (χ4v) is 2.21. The molecule has 0 aliphatic heterocycles. The lowest BCUT2D eigenvalue weighted by molar-refractivity contribution is 1.04. The molecule has 3 heteroatoms. The summed E-state index contributed by atoms with van der Waals surface area (Å²) < 4.78 is 0. The predicted molar refractivity (Wildman–Crippen MR) is 79.3 cm³/mol. The maximum Gasteiger partial charge on any atom is 0.101 e. The smallest absolute Gasteiger partial charge is 0.101 e. The molecule has 2 rings (SSSR count). The van der Waals surface area contributed by atoms with Crippen molar-refractivity contribution in [3.05, 3.63) is 64.2 Å². The average molecular weight is 271 g/mol. The second-order valence-electron chi connectivity index (χ2n) is 4.28. The summed E-state index contributed by atoms with van der Waals surface area (Å²) in [5, 5.41) is 12.6. The fourth-order valence-electron chi connectivity index (χ4n) is 1.99. The normalized spacial score (nSPS) is 9.95. The number of nitrogens with one attached hydrogen (secondary N) is 1. The van der Waals surface area contributed by atoms with E-state index < -0.39 is 0 Å². The summed E-state index contributed by atoms with van der Waals surface area (Å²) in [6.45, 7) is 2.91. The second kappa shape index (κ2) is 6.26. The summed E-state index contributed by atoms with van der Waals surface area (Å²) in [6.07, 6.45) is 1.02. The van der Waals surface area contributed by atoms with Gasteiger partial charge in [-0.15, -0.1) is 0 Å². The van der Waals surface area contributed by atoms with Crippen LogP contribution < -0.4 is 5.32 Å². The third-order valence-electron chi connectivity index (χ3n) is 3.07. The Hall–Kier alpha value is -1.98. The van der Waals surface area contributed by atoms with Crippen molar-refractivity contribution in [1.82, 2.24) is 0 Å². The first-order valence-corrected chi connectivity index (χ1v) is 6.62. The molecule has 0 radical (unpaired) electrons. The van der Waals surface area contributed by atoms with E-state index in [1.54, 1.807) is 12.1 Å². The van der Waals surface area contributed by atoms with Gasteiger partial charge < -0.3 is 5.32 Å². The van der Waals surface area contributed by atoms with Gasteiger partial charge in [0.15, 0.2) is 0 Å². The summed E-state index contributed by atoms with van der Waals surface area (Å²) in [5.41, 5.74) is 4.05. The second-order valence-corrected chi connectivity index (χ2v) is 4.69. The number of hydrogen-bond acceptors (Lipinski definition) is 2. The van der Waals surface area contributed by atoms with E-state index in [0.717, 1.165) is 18.7 Å². The number of rotatable bonds is 4. The van der Waals surface area contributed by atoms with Crippen LogP contribution in [0.4, 0.5) is 5.69 Å². The number of nitriles is 1. The molecule has 0 saturated carbocycles. The van der Waals surface area contributed by atoms with Gasteiger partial charge in [0.05, 0.1) is 10.6 Å². The third-order valence-corrected chi connectivity index (χ3v) is 3.38. The molecule has 2 aromatic carbocycles. The Morgan fingerprint density at radius 2 is 1.89 bits per heavy atom. The molecule has 19 heavy (non-hydrogen) atoms. The van der Waals surface area contributed by atoms with E-state index in [1.807, 2.05) is 12.1 Å². The predicted octanol–water partition coefficient (Wildman–Crippen LogP) is 4.39. The molecule has 2 aromatic rings. The van der Waals surface area contributed by atoms with Crippen LogP contribution in [0, 0.1) is 11.3 Å². The summed E-state index contributed by atoms with van der Waals surface area (Å²) in [7, 11) is 0. The van der Waals surface area contributed by atoms with E-state index in [-0.39, 0.29) is 0 Å². The number of hydrogen-bond donors (Lipinski definition) is 1. The zero-order valence-corrected chi connectivity index (χ0v) is 11.5. The third kappa shape index (κ3) is 3.27. The minimum Gasteiger partial charge on any atom is -0.381 e. The quantitative estimate of drug-likeness (QED) is 0.895. The minimum absolute atomic E-state index is 0.483. The molecular weight excluding hydrogens is 256 g/mol. The van der Waals surface area contributed by atoms with Crippen molar-refractivity contribution in [3.8, 4) is 6.07 Å². The van der Waals surface area contributed by atoms with E-state index >= 15 is 0 Å². The Balaban J connectivity index is 2.11. The Morgan fingerprint density at radius 1 is 1.16 bits per heavy atom. The van der Waals surface area contributed by atoms with Crippen molar-refractivity contribution >= 4 is 17.3 Å². The van der Waals surface area contributed by atoms with Crippen LogP contribution in [0.15, 0.2) is 42.5 Å². The lowest BCUT2D eigenvalue weighted by Gasteiger charge is -2.10. The first-order chi connectivity index (χ1) is 9.24. The Morgan fingerprint density at radius 3 is 2.53 bits per heavy atom. The highest BCUT2D eigenvalue weighted by Crippen LogP contribution is 2.21. The van der Waals surface area contributed by atoms with E-state index in [1.165, 1.54) is 11.1 Å². The number of halogens is 1.